The van der Waals surface area contributed by atoms with Gasteiger partial charge in [0.2, 0.25) is 0 Å². The van der Waals surface area contributed by atoms with Gasteiger partial charge < -0.3 is 0 Å². The van der Waals surface area contributed by atoms with Crippen molar-refractivity contribution in [1.82, 2.24) is 4.98 Å². The molecule has 0 unspecified atom stereocenters. The summed E-state index contributed by atoms with van der Waals surface area (Å²) < 4.78 is 1.04. The summed E-state index contributed by atoms with van der Waals surface area (Å²) in [6, 6.07) is 21.3. The number of allylic oxidation sites excluding steroid dienone is 3. The number of benzene rings is 2. The number of aromatic nitrogens is 1. The lowest BCUT2D eigenvalue weighted by Crippen LogP contribution is -1.95. The van der Waals surface area contributed by atoms with Gasteiger partial charge in [0, 0.05) is 27.2 Å². The van der Waals surface area contributed by atoms with E-state index in [0.29, 0.717) is 22.3 Å². The Morgan fingerprint density at radius 2 is 1.71 bits per heavy atom. The number of ketones is 1. The average molecular weight is 436 g/mol. The molecule has 0 spiro atoms. The molecule has 1 aliphatic rings. The molecule has 2 aromatic heterocycles. The van der Waals surface area contributed by atoms with Crippen molar-refractivity contribution < 1.29 is 4.79 Å². The molecule has 0 aliphatic heterocycles. The van der Waals surface area contributed by atoms with Crippen LogP contribution >= 0.6 is 22.7 Å². The summed E-state index contributed by atoms with van der Waals surface area (Å²) >= 11 is 3.10. The number of hydrogen-bond donors (Lipinski definition) is 0. The fraction of sp³-hybridized carbons (Fsp3) is 0.0400. The second-order valence-electron chi connectivity index (χ2n) is 7.11. The molecule has 0 amide bonds. The Labute approximate surface area is 186 Å². The normalized spacial score (nSPS) is 14.0. The van der Waals surface area contributed by atoms with Gasteiger partial charge in [0.25, 0.3) is 0 Å². The molecule has 0 N–H and O–H groups in total. The standard InChI is InChI=1S/C25H13N3OS2/c1-14-6-8-15(9-7-14)24-28-25-21(31-24)11-17(30-25)10-20-22(16(12-26)13-27)18-4-2-3-5-19(18)23(20)29/h2-11H,1H3/b20-10-. The van der Waals surface area contributed by atoms with E-state index < -0.39 is 0 Å². The molecule has 0 atom stereocenters. The number of Topliss-reactive ketones (excluding diaryl/α,β-unsaturated/α-hetero) is 1. The first-order chi connectivity index (χ1) is 15.1. The third-order valence-corrected chi connectivity index (χ3v) is 7.28. The highest BCUT2D eigenvalue weighted by molar-refractivity contribution is 7.29. The van der Waals surface area contributed by atoms with Gasteiger partial charge in [-0.05, 0) is 24.6 Å². The summed E-state index contributed by atoms with van der Waals surface area (Å²) in [7, 11) is 0. The molecular formula is C25H13N3OS2. The van der Waals surface area contributed by atoms with E-state index in [0.717, 1.165) is 25.0 Å². The highest BCUT2D eigenvalue weighted by Gasteiger charge is 2.32. The van der Waals surface area contributed by atoms with Crippen LogP contribution in [-0.4, -0.2) is 10.8 Å². The monoisotopic (exact) mass is 435 g/mol. The largest absolute Gasteiger partial charge is 0.289 e. The first-order valence-electron chi connectivity index (χ1n) is 9.47. The molecule has 0 bridgehead atoms. The Morgan fingerprint density at radius 3 is 2.39 bits per heavy atom. The Kier molecular flexibility index (Phi) is 4.60. The van der Waals surface area contributed by atoms with E-state index in [4.69, 9.17) is 4.98 Å². The highest BCUT2D eigenvalue weighted by Crippen LogP contribution is 2.42. The maximum atomic E-state index is 13.0. The molecule has 2 heterocycles. The second kappa shape index (κ2) is 7.45. The second-order valence-corrected chi connectivity index (χ2v) is 9.20. The zero-order chi connectivity index (χ0) is 21.5. The number of thiazole rings is 1. The van der Waals surface area contributed by atoms with Crippen molar-refractivity contribution in [3.8, 4) is 22.7 Å². The molecule has 6 heteroatoms. The van der Waals surface area contributed by atoms with Crippen LogP contribution in [0.1, 0.15) is 26.4 Å². The van der Waals surface area contributed by atoms with Crippen LogP contribution < -0.4 is 0 Å². The van der Waals surface area contributed by atoms with E-state index in [9.17, 15) is 15.3 Å². The van der Waals surface area contributed by atoms with E-state index in [1.807, 2.05) is 18.2 Å². The number of hydrogen-bond acceptors (Lipinski definition) is 6. The van der Waals surface area contributed by atoms with Gasteiger partial charge in [-0.3, -0.25) is 4.79 Å². The van der Waals surface area contributed by atoms with Gasteiger partial charge in [-0.2, -0.15) is 10.5 Å². The predicted molar refractivity (Wildman–Crippen MR) is 125 cm³/mol. The Morgan fingerprint density at radius 1 is 1.00 bits per heavy atom. The number of aryl methyl sites for hydroxylation is 1. The number of rotatable bonds is 2. The average Bonchev–Trinajstić information content (AvgIpc) is 3.42. The quantitative estimate of drug-likeness (QED) is 0.269. The molecule has 1 aliphatic carbocycles. The van der Waals surface area contributed by atoms with Crippen LogP contribution in [0.5, 0.6) is 0 Å². The molecule has 4 aromatic rings. The van der Waals surface area contributed by atoms with Gasteiger partial charge in [-0.15, -0.1) is 22.7 Å². The van der Waals surface area contributed by atoms with Crippen LogP contribution in [0.25, 0.3) is 31.8 Å². The van der Waals surface area contributed by atoms with Gasteiger partial charge in [0.1, 0.15) is 27.5 Å². The fourth-order valence-corrected chi connectivity index (χ4v) is 5.81. The predicted octanol–water partition coefficient (Wildman–Crippen LogP) is 6.41. The van der Waals surface area contributed by atoms with Crippen molar-refractivity contribution in [1.29, 1.82) is 10.5 Å². The number of carbonyl (C=O) groups excluding carboxylic acids is 1. The van der Waals surface area contributed by atoms with Gasteiger partial charge in [0.05, 0.1) is 4.70 Å². The molecule has 0 radical (unpaired) electrons. The minimum absolute atomic E-state index is 0.0531. The molecule has 146 valence electrons. The van der Waals surface area contributed by atoms with Crippen LogP contribution in [-0.2, 0) is 0 Å². The Balaban J connectivity index is 1.60. The van der Waals surface area contributed by atoms with Crippen molar-refractivity contribution in [2.24, 2.45) is 0 Å². The van der Waals surface area contributed by atoms with Crippen LogP contribution in [0.3, 0.4) is 0 Å². The zero-order valence-corrected chi connectivity index (χ0v) is 18.0. The molecular weight excluding hydrogens is 422 g/mol. The van der Waals surface area contributed by atoms with Gasteiger partial charge >= 0.3 is 0 Å². The van der Waals surface area contributed by atoms with E-state index in [1.165, 1.54) is 16.9 Å². The minimum Gasteiger partial charge on any atom is -0.289 e. The first-order valence-corrected chi connectivity index (χ1v) is 11.1. The van der Waals surface area contributed by atoms with Crippen LogP contribution in [0.2, 0.25) is 0 Å². The molecule has 2 aromatic carbocycles. The summed E-state index contributed by atoms with van der Waals surface area (Å²) in [5.41, 5.74) is 4.18. The van der Waals surface area contributed by atoms with Gasteiger partial charge in [0.15, 0.2) is 5.78 Å². The number of nitrogens with zero attached hydrogens (tertiary/aromatic N) is 3. The van der Waals surface area contributed by atoms with Crippen LogP contribution in [0.4, 0.5) is 0 Å². The number of carbonyl (C=O) groups is 1. The molecule has 0 fully saturated rings. The van der Waals surface area contributed by atoms with Gasteiger partial charge in [-0.1, -0.05) is 54.1 Å². The van der Waals surface area contributed by atoms with Crippen molar-refractivity contribution in [3.63, 3.8) is 0 Å². The topological polar surface area (TPSA) is 77.5 Å². The van der Waals surface area contributed by atoms with Crippen molar-refractivity contribution in [3.05, 3.63) is 87.3 Å². The lowest BCUT2D eigenvalue weighted by molar-refractivity contribution is 0.104. The minimum atomic E-state index is -0.168. The van der Waals surface area contributed by atoms with E-state index in [1.54, 1.807) is 41.7 Å². The lowest BCUT2D eigenvalue weighted by Gasteiger charge is -2.01. The van der Waals surface area contributed by atoms with Crippen molar-refractivity contribution >= 4 is 49.6 Å². The maximum Gasteiger partial charge on any atom is 0.194 e. The molecule has 0 saturated heterocycles. The Hall–Kier alpha value is -3.84. The Bertz CT molecular complexity index is 1470. The maximum absolute atomic E-state index is 13.0. The molecule has 0 saturated carbocycles. The molecule has 5 rings (SSSR count). The fourth-order valence-electron chi connectivity index (χ4n) is 3.63. The van der Waals surface area contributed by atoms with E-state index >= 15 is 0 Å². The SMILES string of the molecule is Cc1ccc(-c2nc3sc(/C=C4\C(=O)c5ccccc5C4=C(C#N)C#N)cc3s2)cc1. The van der Waals surface area contributed by atoms with Crippen LogP contribution in [0, 0.1) is 29.6 Å². The van der Waals surface area contributed by atoms with Crippen LogP contribution in [0.15, 0.2) is 65.7 Å². The zero-order valence-electron chi connectivity index (χ0n) is 16.3. The molecule has 4 nitrogen and oxygen atoms in total. The van der Waals surface area contributed by atoms with Crippen molar-refractivity contribution in [2.75, 3.05) is 0 Å². The highest BCUT2D eigenvalue weighted by atomic mass is 32.1. The lowest BCUT2D eigenvalue weighted by atomic mass is 9.99. The van der Waals surface area contributed by atoms with Crippen molar-refractivity contribution in [2.45, 2.75) is 6.92 Å². The summed E-state index contributed by atoms with van der Waals surface area (Å²) in [5.74, 6) is -0.168. The van der Waals surface area contributed by atoms with E-state index in [2.05, 4.69) is 31.2 Å². The molecule has 31 heavy (non-hydrogen) atoms. The number of thiophene rings is 1. The smallest absolute Gasteiger partial charge is 0.194 e. The summed E-state index contributed by atoms with van der Waals surface area (Å²) in [6.07, 6.45) is 1.77. The third-order valence-electron chi connectivity index (χ3n) is 5.12. The third kappa shape index (κ3) is 3.19. The van der Waals surface area contributed by atoms with Gasteiger partial charge in [-0.25, -0.2) is 4.98 Å². The van der Waals surface area contributed by atoms with E-state index in [-0.39, 0.29) is 11.4 Å². The summed E-state index contributed by atoms with van der Waals surface area (Å²) in [4.78, 5) is 19.6. The number of fused-ring (bicyclic) bond motifs is 2. The summed E-state index contributed by atoms with van der Waals surface area (Å²) in [6.45, 7) is 2.05. The first kappa shape index (κ1) is 19.1. The number of nitriles is 2. The summed E-state index contributed by atoms with van der Waals surface area (Å²) in [5, 5.41) is 19.8.